The highest BCUT2D eigenvalue weighted by Gasteiger charge is 2.22. The molecule has 1 aliphatic carbocycles. The van der Waals surface area contributed by atoms with E-state index < -0.39 is 0 Å². The van der Waals surface area contributed by atoms with E-state index in [1.54, 1.807) is 0 Å². The Morgan fingerprint density at radius 2 is 1.83 bits per heavy atom. The van der Waals surface area contributed by atoms with Gasteiger partial charge < -0.3 is 15.1 Å². The van der Waals surface area contributed by atoms with Gasteiger partial charge in [-0.3, -0.25) is 0 Å². The van der Waals surface area contributed by atoms with E-state index in [4.69, 9.17) is 0 Å². The molecule has 2 amide bonds. The Morgan fingerprint density at radius 3 is 2.44 bits per heavy atom. The average Bonchev–Trinajstić information content (AvgIpc) is 2.85. The lowest BCUT2D eigenvalue weighted by molar-refractivity contribution is 0.168. The van der Waals surface area contributed by atoms with Crippen molar-refractivity contribution in [3.63, 3.8) is 0 Å². The first-order valence-corrected chi connectivity index (χ1v) is 7.35. The Kier molecular flexibility index (Phi) is 4.87. The van der Waals surface area contributed by atoms with Crippen LogP contribution in [0.15, 0.2) is 0 Å². The third kappa shape index (κ3) is 3.87. The van der Waals surface area contributed by atoms with E-state index in [1.807, 2.05) is 11.9 Å². The Labute approximate surface area is 111 Å². The SMILES string of the molecule is CN1CCC(CN(C)C(=O)NC2CCCC2)CC1. The number of amides is 2. The Balaban J connectivity index is 1.69. The molecule has 2 aliphatic rings. The molecule has 1 saturated carbocycles. The number of carbonyl (C=O) groups is 1. The van der Waals surface area contributed by atoms with Crippen molar-refractivity contribution in [1.82, 2.24) is 15.1 Å². The van der Waals surface area contributed by atoms with Gasteiger partial charge in [0.15, 0.2) is 0 Å². The van der Waals surface area contributed by atoms with E-state index >= 15 is 0 Å². The van der Waals surface area contributed by atoms with Gasteiger partial charge in [0.25, 0.3) is 0 Å². The lowest BCUT2D eigenvalue weighted by atomic mass is 9.97. The summed E-state index contributed by atoms with van der Waals surface area (Å²) >= 11 is 0. The molecule has 0 atom stereocenters. The summed E-state index contributed by atoms with van der Waals surface area (Å²) in [6.07, 6.45) is 7.30. The largest absolute Gasteiger partial charge is 0.335 e. The van der Waals surface area contributed by atoms with Crippen molar-refractivity contribution in [2.45, 2.75) is 44.6 Å². The summed E-state index contributed by atoms with van der Waals surface area (Å²) in [4.78, 5) is 16.3. The van der Waals surface area contributed by atoms with Crippen LogP contribution in [0.1, 0.15) is 38.5 Å². The highest BCUT2D eigenvalue weighted by molar-refractivity contribution is 5.74. The van der Waals surface area contributed by atoms with Gasteiger partial charge in [0.2, 0.25) is 0 Å². The van der Waals surface area contributed by atoms with Crippen molar-refractivity contribution in [2.24, 2.45) is 5.92 Å². The van der Waals surface area contributed by atoms with Crippen LogP contribution in [-0.2, 0) is 0 Å². The van der Waals surface area contributed by atoms with Crippen LogP contribution >= 0.6 is 0 Å². The van der Waals surface area contributed by atoms with Crippen molar-refractivity contribution < 1.29 is 4.79 Å². The molecule has 0 aromatic carbocycles. The van der Waals surface area contributed by atoms with E-state index in [2.05, 4.69) is 17.3 Å². The molecule has 0 unspecified atom stereocenters. The number of urea groups is 1. The van der Waals surface area contributed by atoms with Crippen LogP contribution in [0.25, 0.3) is 0 Å². The molecule has 18 heavy (non-hydrogen) atoms. The van der Waals surface area contributed by atoms with Crippen molar-refractivity contribution in [2.75, 3.05) is 33.7 Å². The minimum Gasteiger partial charge on any atom is -0.335 e. The van der Waals surface area contributed by atoms with Gasteiger partial charge in [-0.1, -0.05) is 12.8 Å². The fourth-order valence-electron chi connectivity index (χ4n) is 3.07. The van der Waals surface area contributed by atoms with E-state index in [1.165, 1.54) is 38.8 Å². The molecule has 1 heterocycles. The molecule has 4 nitrogen and oxygen atoms in total. The third-order valence-electron chi connectivity index (χ3n) is 4.40. The molecular formula is C14H27N3O. The molecule has 2 fully saturated rings. The zero-order valence-electron chi connectivity index (χ0n) is 11.8. The highest BCUT2D eigenvalue weighted by atomic mass is 16.2. The lowest BCUT2D eigenvalue weighted by Crippen LogP contribution is -2.45. The zero-order chi connectivity index (χ0) is 13.0. The van der Waals surface area contributed by atoms with Crippen LogP contribution < -0.4 is 5.32 Å². The molecule has 1 saturated heterocycles. The van der Waals surface area contributed by atoms with Crippen molar-refractivity contribution in [3.8, 4) is 0 Å². The predicted octanol–water partition coefficient (Wildman–Crippen LogP) is 1.91. The van der Waals surface area contributed by atoms with Gasteiger partial charge in [-0.25, -0.2) is 4.79 Å². The van der Waals surface area contributed by atoms with E-state index in [0.29, 0.717) is 12.0 Å². The first-order valence-electron chi connectivity index (χ1n) is 7.35. The van der Waals surface area contributed by atoms with Crippen LogP contribution in [-0.4, -0.2) is 55.6 Å². The number of likely N-dealkylation sites (tertiary alicyclic amines) is 1. The smallest absolute Gasteiger partial charge is 0.317 e. The van der Waals surface area contributed by atoms with Crippen molar-refractivity contribution in [1.29, 1.82) is 0 Å². The monoisotopic (exact) mass is 253 g/mol. The molecule has 0 radical (unpaired) electrons. The third-order valence-corrected chi connectivity index (χ3v) is 4.40. The fraction of sp³-hybridized carbons (Fsp3) is 0.929. The summed E-state index contributed by atoms with van der Waals surface area (Å²) in [6.45, 7) is 3.25. The number of rotatable bonds is 3. The molecule has 2 rings (SSSR count). The number of hydrogen-bond donors (Lipinski definition) is 1. The van der Waals surface area contributed by atoms with Gasteiger partial charge in [-0.2, -0.15) is 0 Å². The maximum Gasteiger partial charge on any atom is 0.317 e. The molecule has 0 bridgehead atoms. The van der Waals surface area contributed by atoms with Gasteiger partial charge in [0, 0.05) is 19.6 Å². The molecule has 0 aromatic rings. The van der Waals surface area contributed by atoms with Crippen LogP contribution in [0.2, 0.25) is 0 Å². The summed E-state index contributed by atoms with van der Waals surface area (Å²) < 4.78 is 0. The maximum atomic E-state index is 12.0. The van der Waals surface area contributed by atoms with E-state index in [0.717, 1.165) is 19.4 Å². The maximum absolute atomic E-state index is 12.0. The Bertz CT molecular complexity index is 268. The first kappa shape index (κ1) is 13.7. The summed E-state index contributed by atoms with van der Waals surface area (Å²) in [5.41, 5.74) is 0. The second kappa shape index (κ2) is 6.41. The predicted molar refractivity (Wildman–Crippen MR) is 73.6 cm³/mol. The minimum absolute atomic E-state index is 0.126. The molecule has 0 aromatic heterocycles. The topological polar surface area (TPSA) is 35.6 Å². The number of hydrogen-bond acceptors (Lipinski definition) is 2. The summed E-state index contributed by atoms with van der Waals surface area (Å²) in [5, 5.41) is 3.15. The molecule has 1 N–H and O–H groups in total. The Hall–Kier alpha value is -0.770. The van der Waals surface area contributed by atoms with Crippen molar-refractivity contribution >= 4 is 6.03 Å². The van der Waals surface area contributed by atoms with Crippen LogP contribution in [0.5, 0.6) is 0 Å². The van der Waals surface area contributed by atoms with E-state index in [-0.39, 0.29) is 6.03 Å². The second-order valence-corrected chi connectivity index (χ2v) is 6.06. The standard InChI is InChI=1S/C14H27N3O/c1-16-9-7-12(8-10-16)11-17(2)14(18)15-13-5-3-4-6-13/h12-13H,3-11H2,1-2H3,(H,15,18). The van der Waals surface area contributed by atoms with E-state index in [9.17, 15) is 4.79 Å². The number of piperidine rings is 1. The average molecular weight is 253 g/mol. The molecule has 104 valence electrons. The van der Waals surface area contributed by atoms with Crippen molar-refractivity contribution in [3.05, 3.63) is 0 Å². The fourth-order valence-corrected chi connectivity index (χ4v) is 3.07. The van der Waals surface area contributed by atoms with Gasteiger partial charge in [-0.05, 0) is 51.7 Å². The summed E-state index contributed by atoms with van der Waals surface area (Å²) in [5.74, 6) is 0.681. The Morgan fingerprint density at radius 1 is 1.22 bits per heavy atom. The second-order valence-electron chi connectivity index (χ2n) is 6.06. The van der Waals surface area contributed by atoms with Crippen LogP contribution in [0.4, 0.5) is 4.79 Å². The number of carbonyl (C=O) groups excluding carboxylic acids is 1. The normalized spacial score (nSPS) is 23.2. The van der Waals surface area contributed by atoms with Crippen LogP contribution in [0.3, 0.4) is 0 Å². The highest BCUT2D eigenvalue weighted by Crippen LogP contribution is 2.19. The molecule has 4 heteroatoms. The number of nitrogens with zero attached hydrogens (tertiary/aromatic N) is 2. The molecule has 0 spiro atoms. The summed E-state index contributed by atoms with van der Waals surface area (Å²) in [6, 6.07) is 0.554. The van der Waals surface area contributed by atoms with Crippen LogP contribution in [0, 0.1) is 5.92 Å². The lowest BCUT2D eigenvalue weighted by Gasteiger charge is -2.32. The summed E-state index contributed by atoms with van der Waals surface area (Å²) in [7, 11) is 4.11. The molecule has 1 aliphatic heterocycles. The van der Waals surface area contributed by atoms with Gasteiger partial charge in [-0.15, -0.1) is 0 Å². The van der Waals surface area contributed by atoms with Gasteiger partial charge in [0.05, 0.1) is 0 Å². The number of nitrogens with one attached hydrogen (secondary N) is 1. The van der Waals surface area contributed by atoms with Gasteiger partial charge >= 0.3 is 6.03 Å². The quantitative estimate of drug-likeness (QED) is 0.834. The minimum atomic E-state index is 0.126. The first-order chi connectivity index (χ1) is 8.65. The zero-order valence-corrected chi connectivity index (χ0v) is 11.8. The molecular weight excluding hydrogens is 226 g/mol. The van der Waals surface area contributed by atoms with Gasteiger partial charge in [0.1, 0.15) is 0 Å².